The molecule has 0 heterocycles. The van der Waals surface area contributed by atoms with Crippen molar-refractivity contribution >= 4 is 0 Å². The maximum absolute atomic E-state index is 10.2. The highest BCUT2D eigenvalue weighted by atomic mass is 16.3. The molecule has 0 aliphatic rings. The highest BCUT2D eigenvalue weighted by molar-refractivity contribution is 4.89. The fourth-order valence-corrected chi connectivity index (χ4v) is 1.96. The van der Waals surface area contributed by atoms with Crippen LogP contribution in [0.2, 0.25) is 0 Å². The lowest BCUT2D eigenvalue weighted by Crippen LogP contribution is -2.50. The molecule has 0 aromatic heterocycles. The van der Waals surface area contributed by atoms with Gasteiger partial charge in [0.1, 0.15) is 0 Å². The molecule has 0 bridgehead atoms. The van der Waals surface area contributed by atoms with Crippen molar-refractivity contribution in [2.45, 2.75) is 64.0 Å². The topological polar surface area (TPSA) is 23.5 Å². The fourth-order valence-electron chi connectivity index (χ4n) is 1.96. The third-order valence-electron chi connectivity index (χ3n) is 3.84. The Morgan fingerprint density at radius 1 is 1.31 bits per heavy atom. The zero-order chi connectivity index (χ0) is 12.6. The van der Waals surface area contributed by atoms with E-state index in [0.717, 1.165) is 25.7 Å². The van der Waals surface area contributed by atoms with E-state index in [2.05, 4.69) is 25.3 Å². The summed E-state index contributed by atoms with van der Waals surface area (Å²) in [6.45, 7) is 7.99. The summed E-state index contributed by atoms with van der Waals surface area (Å²) in [7, 11) is 4.09. The van der Waals surface area contributed by atoms with Crippen LogP contribution in [0.25, 0.3) is 0 Å². The lowest BCUT2D eigenvalue weighted by molar-refractivity contribution is -0.00376. The quantitative estimate of drug-likeness (QED) is 0.483. The summed E-state index contributed by atoms with van der Waals surface area (Å²) >= 11 is 0. The molecule has 0 fully saturated rings. The van der Waals surface area contributed by atoms with Crippen LogP contribution >= 0.6 is 0 Å². The average Bonchev–Trinajstić information content (AvgIpc) is 2.27. The van der Waals surface area contributed by atoms with E-state index in [1.54, 1.807) is 0 Å². The van der Waals surface area contributed by atoms with E-state index < -0.39 is 0 Å². The SMILES string of the molecule is C=CCCCCCC(O)C(C)(CC)N(C)C. The Morgan fingerprint density at radius 3 is 2.38 bits per heavy atom. The summed E-state index contributed by atoms with van der Waals surface area (Å²) in [5, 5.41) is 10.2. The third-order valence-corrected chi connectivity index (χ3v) is 3.84. The zero-order valence-corrected chi connectivity index (χ0v) is 11.5. The molecular weight excluding hydrogens is 198 g/mol. The number of nitrogens with zero attached hydrogens (tertiary/aromatic N) is 1. The second kappa shape index (κ2) is 7.86. The Hall–Kier alpha value is -0.340. The Balaban J connectivity index is 3.93. The molecule has 0 aromatic carbocycles. The van der Waals surface area contributed by atoms with Gasteiger partial charge in [-0.05, 0) is 46.7 Å². The highest BCUT2D eigenvalue weighted by Crippen LogP contribution is 2.24. The maximum atomic E-state index is 10.2. The lowest BCUT2D eigenvalue weighted by Gasteiger charge is -2.40. The fraction of sp³-hybridized carbons (Fsp3) is 0.857. The van der Waals surface area contributed by atoms with Crippen LogP contribution < -0.4 is 0 Å². The Bertz CT molecular complexity index is 191. The van der Waals surface area contributed by atoms with Gasteiger partial charge in [-0.15, -0.1) is 6.58 Å². The third kappa shape index (κ3) is 4.67. The van der Waals surface area contributed by atoms with Crippen LogP contribution in [0.1, 0.15) is 52.4 Å². The number of allylic oxidation sites excluding steroid dienone is 1. The van der Waals surface area contributed by atoms with Crippen LogP contribution in [-0.2, 0) is 0 Å². The standard InChI is InChI=1S/C14H29NO/c1-6-8-9-10-11-12-13(16)14(3,7-2)15(4)5/h6,13,16H,1,7-12H2,2-5H3. The largest absolute Gasteiger partial charge is 0.391 e. The monoisotopic (exact) mass is 227 g/mol. The maximum Gasteiger partial charge on any atom is 0.0720 e. The minimum atomic E-state index is -0.226. The number of aliphatic hydroxyl groups excluding tert-OH is 1. The van der Waals surface area contributed by atoms with E-state index in [1.807, 2.05) is 20.2 Å². The average molecular weight is 227 g/mol. The number of hydrogen-bond acceptors (Lipinski definition) is 2. The van der Waals surface area contributed by atoms with Crippen molar-refractivity contribution in [2.24, 2.45) is 0 Å². The van der Waals surface area contributed by atoms with Gasteiger partial charge < -0.3 is 10.0 Å². The van der Waals surface area contributed by atoms with Gasteiger partial charge in [0, 0.05) is 5.54 Å². The summed E-state index contributed by atoms with van der Waals surface area (Å²) in [5.74, 6) is 0. The van der Waals surface area contributed by atoms with Gasteiger partial charge in [-0.1, -0.05) is 25.8 Å². The molecular formula is C14H29NO. The molecule has 96 valence electrons. The summed E-state index contributed by atoms with van der Waals surface area (Å²) < 4.78 is 0. The molecule has 2 heteroatoms. The number of hydrogen-bond donors (Lipinski definition) is 1. The van der Waals surface area contributed by atoms with E-state index in [-0.39, 0.29) is 11.6 Å². The molecule has 0 saturated carbocycles. The van der Waals surface area contributed by atoms with Crippen molar-refractivity contribution < 1.29 is 5.11 Å². The van der Waals surface area contributed by atoms with Gasteiger partial charge in [0.05, 0.1) is 6.10 Å². The van der Waals surface area contributed by atoms with Crippen LogP contribution in [0.5, 0.6) is 0 Å². The van der Waals surface area contributed by atoms with Crippen LogP contribution in [0.3, 0.4) is 0 Å². The Labute approximate surface area is 101 Å². The van der Waals surface area contributed by atoms with Gasteiger partial charge in [0.15, 0.2) is 0 Å². The van der Waals surface area contributed by atoms with Crippen LogP contribution in [0.15, 0.2) is 12.7 Å². The molecule has 0 amide bonds. The van der Waals surface area contributed by atoms with Crippen molar-refractivity contribution in [3.63, 3.8) is 0 Å². The van der Waals surface area contributed by atoms with Gasteiger partial charge in [-0.3, -0.25) is 0 Å². The lowest BCUT2D eigenvalue weighted by atomic mass is 9.87. The van der Waals surface area contributed by atoms with Gasteiger partial charge in [-0.25, -0.2) is 0 Å². The first-order chi connectivity index (χ1) is 7.49. The van der Waals surface area contributed by atoms with Crippen molar-refractivity contribution in [3.8, 4) is 0 Å². The van der Waals surface area contributed by atoms with Gasteiger partial charge in [0.2, 0.25) is 0 Å². The van der Waals surface area contributed by atoms with Crippen molar-refractivity contribution in [1.82, 2.24) is 4.90 Å². The summed E-state index contributed by atoms with van der Waals surface area (Å²) in [4.78, 5) is 2.14. The molecule has 2 nitrogen and oxygen atoms in total. The van der Waals surface area contributed by atoms with E-state index in [1.165, 1.54) is 12.8 Å². The predicted octanol–water partition coefficient (Wildman–Crippen LogP) is 3.21. The van der Waals surface area contributed by atoms with Crippen molar-refractivity contribution in [1.29, 1.82) is 0 Å². The van der Waals surface area contributed by atoms with E-state index >= 15 is 0 Å². The number of rotatable bonds is 9. The van der Waals surface area contributed by atoms with Crippen molar-refractivity contribution in [3.05, 3.63) is 12.7 Å². The van der Waals surface area contributed by atoms with E-state index in [4.69, 9.17) is 0 Å². The first-order valence-corrected chi connectivity index (χ1v) is 6.45. The molecule has 0 aliphatic heterocycles. The molecule has 2 atom stereocenters. The molecule has 0 rings (SSSR count). The van der Waals surface area contributed by atoms with E-state index in [0.29, 0.717) is 0 Å². The van der Waals surface area contributed by atoms with Crippen LogP contribution in [0, 0.1) is 0 Å². The summed E-state index contributed by atoms with van der Waals surface area (Å²) in [6.07, 6.45) is 8.21. The molecule has 0 spiro atoms. The van der Waals surface area contributed by atoms with Crippen LogP contribution in [-0.4, -0.2) is 35.7 Å². The highest BCUT2D eigenvalue weighted by Gasteiger charge is 2.32. The van der Waals surface area contributed by atoms with Gasteiger partial charge in [-0.2, -0.15) is 0 Å². The molecule has 1 N–H and O–H groups in total. The van der Waals surface area contributed by atoms with E-state index in [9.17, 15) is 5.11 Å². The molecule has 0 aromatic rings. The molecule has 2 unspecified atom stereocenters. The predicted molar refractivity (Wildman–Crippen MR) is 71.7 cm³/mol. The first kappa shape index (κ1) is 15.7. The summed E-state index contributed by atoms with van der Waals surface area (Å²) in [5.41, 5.74) is -0.0849. The number of unbranched alkanes of at least 4 members (excludes halogenated alkanes) is 3. The minimum Gasteiger partial charge on any atom is -0.391 e. The summed E-state index contributed by atoms with van der Waals surface area (Å²) in [6, 6.07) is 0. The molecule has 16 heavy (non-hydrogen) atoms. The molecule has 0 saturated heterocycles. The normalized spacial score (nSPS) is 17.1. The molecule has 0 aliphatic carbocycles. The second-order valence-corrected chi connectivity index (χ2v) is 5.05. The van der Waals surface area contributed by atoms with Gasteiger partial charge >= 0.3 is 0 Å². The van der Waals surface area contributed by atoms with Crippen LogP contribution in [0.4, 0.5) is 0 Å². The number of likely N-dealkylation sites (N-methyl/N-ethyl adjacent to an activating group) is 1. The Kier molecular flexibility index (Phi) is 7.69. The van der Waals surface area contributed by atoms with Gasteiger partial charge in [0.25, 0.3) is 0 Å². The second-order valence-electron chi connectivity index (χ2n) is 5.05. The first-order valence-electron chi connectivity index (χ1n) is 6.45. The number of aliphatic hydroxyl groups is 1. The zero-order valence-electron chi connectivity index (χ0n) is 11.5. The Morgan fingerprint density at radius 2 is 1.94 bits per heavy atom. The smallest absolute Gasteiger partial charge is 0.0720 e. The molecule has 0 radical (unpaired) electrons. The van der Waals surface area contributed by atoms with Crippen molar-refractivity contribution in [2.75, 3.05) is 14.1 Å². The minimum absolute atomic E-state index is 0.0849.